The van der Waals surface area contributed by atoms with Crippen molar-refractivity contribution in [3.63, 3.8) is 0 Å². The van der Waals surface area contributed by atoms with Crippen molar-refractivity contribution in [2.24, 2.45) is 7.05 Å². The summed E-state index contributed by atoms with van der Waals surface area (Å²) >= 11 is 7.58. The highest BCUT2D eigenvalue weighted by atomic mass is 35.5. The number of alkyl halides is 2. The number of nitrogens with one attached hydrogen (secondary N) is 1. The summed E-state index contributed by atoms with van der Waals surface area (Å²) in [5.74, 6) is -2.99. The van der Waals surface area contributed by atoms with Crippen molar-refractivity contribution in [3.05, 3.63) is 39.9 Å². The van der Waals surface area contributed by atoms with E-state index in [1.54, 1.807) is 22.9 Å². The van der Waals surface area contributed by atoms with Crippen LogP contribution in [-0.2, 0) is 7.05 Å². The molecule has 0 bridgehead atoms. The maximum absolute atomic E-state index is 12.7. The van der Waals surface area contributed by atoms with Crippen molar-refractivity contribution in [3.8, 4) is 0 Å². The molecule has 9 heteroatoms. The number of anilines is 1. The summed E-state index contributed by atoms with van der Waals surface area (Å²) in [6.45, 7) is 1.87. The molecule has 0 saturated heterocycles. The molecule has 0 aliphatic rings. The van der Waals surface area contributed by atoms with E-state index in [1.165, 1.54) is 17.4 Å². The van der Waals surface area contributed by atoms with Gasteiger partial charge >= 0.3 is 0 Å². The van der Waals surface area contributed by atoms with Crippen molar-refractivity contribution >= 4 is 56.5 Å². The largest absolute Gasteiger partial charge is 0.320 e. The SMILES string of the molecule is Cc1nn(C)c2sc(C(=O)Nc3cccc(Cl)c3SC(F)F)cc12. The van der Waals surface area contributed by atoms with E-state index < -0.39 is 5.76 Å². The number of nitrogens with zero attached hydrogens (tertiary/aromatic N) is 2. The van der Waals surface area contributed by atoms with Gasteiger partial charge in [-0.2, -0.15) is 13.9 Å². The molecule has 1 amide bonds. The summed E-state index contributed by atoms with van der Waals surface area (Å²) in [5, 5.41) is 8.03. The highest BCUT2D eigenvalue weighted by Gasteiger charge is 2.19. The summed E-state index contributed by atoms with van der Waals surface area (Å²) in [5.41, 5.74) is 1.10. The molecule has 0 fully saturated rings. The molecular weight excluding hydrogens is 376 g/mol. The molecule has 24 heavy (non-hydrogen) atoms. The number of carbonyl (C=O) groups is 1. The third-order valence-corrected chi connectivity index (χ3v) is 5.82. The number of carbonyl (C=O) groups excluding carboxylic acids is 1. The molecule has 2 aromatic heterocycles. The minimum atomic E-state index is -2.63. The van der Waals surface area contributed by atoms with Crippen molar-refractivity contribution < 1.29 is 13.6 Å². The van der Waals surface area contributed by atoms with Gasteiger partial charge in [-0.25, -0.2) is 0 Å². The quantitative estimate of drug-likeness (QED) is 0.629. The smallest absolute Gasteiger partial charge is 0.289 e. The van der Waals surface area contributed by atoms with E-state index in [2.05, 4.69) is 10.4 Å². The number of aryl methyl sites for hydroxylation is 2. The van der Waals surface area contributed by atoms with Crippen LogP contribution in [0.1, 0.15) is 15.4 Å². The maximum Gasteiger partial charge on any atom is 0.289 e. The van der Waals surface area contributed by atoms with Gasteiger partial charge in [0.15, 0.2) is 0 Å². The Kier molecular flexibility index (Phi) is 4.80. The van der Waals surface area contributed by atoms with Crippen LogP contribution in [0.4, 0.5) is 14.5 Å². The third-order valence-electron chi connectivity index (χ3n) is 3.34. The van der Waals surface area contributed by atoms with Gasteiger partial charge in [-0.3, -0.25) is 9.48 Å². The number of thioether (sulfide) groups is 1. The summed E-state index contributed by atoms with van der Waals surface area (Å²) in [6, 6.07) is 6.42. The number of hydrogen-bond acceptors (Lipinski definition) is 4. The first-order valence-corrected chi connectivity index (χ1v) is 8.92. The van der Waals surface area contributed by atoms with E-state index in [9.17, 15) is 13.6 Å². The summed E-state index contributed by atoms with van der Waals surface area (Å²) in [7, 11) is 1.81. The average Bonchev–Trinajstić information content (AvgIpc) is 3.05. The minimum Gasteiger partial charge on any atom is -0.320 e. The fourth-order valence-electron chi connectivity index (χ4n) is 2.32. The van der Waals surface area contributed by atoms with Gasteiger partial charge in [0, 0.05) is 12.4 Å². The fourth-order valence-corrected chi connectivity index (χ4v) is 4.25. The Labute approximate surface area is 149 Å². The summed E-state index contributed by atoms with van der Waals surface area (Å²) in [4.78, 5) is 14.0. The normalized spacial score (nSPS) is 11.4. The molecule has 2 heterocycles. The van der Waals surface area contributed by atoms with Gasteiger partial charge in [0.25, 0.3) is 11.7 Å². The van der Waals surface area contributed by atoms with Crippen LogP contribution in [0, 0.1) is 6.92 Å². The molecule has 0 saturated carbocycles. The molecule has 3 rings (SSSR count). The Morgan fingerprint density at radius 3 is 2.88 bits per heavy atom. The van der Waals surface area contributed by atoms with E-state index in [0.29, 0.717) is 16.6 Å². The van der Waals surface area contributed by atoms with Crippen LogP contribution in [0.5, 0.6) is 0 Å². The highest BCUT2D eigenvalue weighted by Crippen LogP contribution is 2.38. The molecule has 1 N–H and O–H groups in total. The van der Waals surface area contributed by atoms with Gasteiger partial charge in [0.2, 0.25) is 0 Å². The second-order valence-electron chi connectivity index (χ2n) is 4.99. The molecule has 0 radical (unpaired) electrons. The molecule has 0 atom stereocenters. The second kappa shape index (κ2) is 6.70. The minimum absolute atomic E-state index is 0.154. The van der Waals surface area contributed by atoms with Gasteiger partial charge in [-0.05, 0) is 25.1 Å². The third kappa shape index (κ3) is 3.26. The Balaban J connectivity index is 1.91. The van der Waals surface area contributed by atoms with Crippen LogP contribution in [0.15, 0.2) is 29.2 Å². The van der Waals surface area contributed by atoms with Crippen molar-refractivity contribution in [1.29, 1.82) is 0 Å². The molecule has 126 valence electrons. The zero-order valence-corrected chi connectivity index (χ0v) is 15.0. The van der Waals surface area contributed by atoms with E-state index in [4.69, 9.17) is 11.6 Å². The molecule has 3 aromatic rings. The van der Waals surface area contributed by atoms with E-state index in [-0.39, 0.29) is 21.5 Å². The number of halogens is 3. The topological polar surface area (TPSA) is 46.9 Å². The van der Waals surface area contributed by atoms with Gasteiger partial charge in [0.05, 0.1) is 26.2 Å². The number of hydrogen-bond donors (Lipinski definition) is 1. The summed E-state index contributed by atoms with van der Waals surface area (Å²) < 4.78 is 27.1. The molecule has 0 unspecified atom stereocenters. The predicted octanol–water partition coefficient (Wildman–Crippen LogP) is 5.16. The van der Waals surface area contributed by atoms with Gasteiger partial charge in [-0.1, -0.05) is 29.4 Å². The van der Waals surface area contributed by atoms with Crippen molar-refractivity contribution in [2.45, 2.75) is 17.6 Å². The summed E-state index contributed by atoms with van der Waals surface area (Å²) in [6.07, 6.45) is 0. The van der Waals surface area contributed by atoms with Crippen LogP contribution in [0.25, 0.3) is 10.2 Å². The van der Waals surface area contributed by atoms with Crippen LogP contribution >= 0.6 is 34.7 Å². The number of rotatable bonds is 4. The van der Waals surface area contributed by atoms with E-state index >= 15 is 0 Å². The first kappa shape index (κ1) is 17.2. The lowest BCUT2D eigenvalue weighted by atomic mass is 10.3. The Bertz CT molecular complexity index is 888. The Morgan fingerprint density at radius 2 is 2.21 bits per heavy atom. The molecule has 0 spiro atoms. The average molecular weight is 388 g/mol. The van der Waals surface area contributed by atoms with E-state index in [0.717, 1.165) is 15.9 Å². The lowest BCUT2D eigenvalue weighted by Crippen LogP contribution is -2.11. The predicted molar refractivity (Wildman–Crippen MR) is 94.6 cm³/mol. The zero-order valence-electron chi connectivity index (χ0n) is 12.6. The standard InChI is InChI=1S/C15H12ClF2N3OS2/c1-7-8-6-11(23-14(8)21(2)20-7)13(22)19-10-5-3-4-9(16)12(10)24-15(17)18/h3-6,15H,1-2H3,(H,19,22). The molecule has 0 aliphatic heterocycles. The van der Waals surface area contributed by atoms with Gasteiger partial charge < -0.3 is 5.32 Å². The maximum atomic E-state index is 12.7. The first-order chi connectivity index (χ1) is 11.4. The fraction of sp³-hybridized carbons (Fsp3) is 0.200. The number of fused-ring (bicyclic) bond motifs is 1. The number of amides is 1. The number of thiophene rings is 1. The zero-order chi connectivity index (χ0) is 17.4. The molecular formula is C15H12ClF2N3OS2. The van der Waals surface area contributed by atoms with Crippen LogP contribution in [0.3, 0.4) is 0 Å². The molecule has 1 aromatic carbocycles. The second-order valence-corrected chi connectivity index (χ2v) is 7.43. The molecule has 4 nitrogen and oxygen atoms in total. The number of benzene rings is 1. The monoisotopic (exact) mass is 387 g/mol. The van der Waals surface area contributed by atoms with Crippen LogP contribution in [0.2, 0.25) is 5.02 Å². The highest BCUT2D eigenvalue weighted by molar-refractivity contribution is 7.99. The van der Waals surface area contributed by atoms with Gasteiger partial charge in [-0.15, -0.1) is 11.3 Å². The number of aromatic nitrogens is 2. The lowest BCUT2D eigenvalue weighted by Gasteiger charge is -2.11. The van der Waals surface area contributed by atoms with E-state index in [1.807, 2.05) is 14.0 Å². The van der Waals surface area contributed by atoms with Crippen LogP contribution < -0.4 is 5.32 Å². The Hall–Kier alpha value is -1.64. The van der Waals surface area contributed by atoms with Crippen LogP contribution in [-0.4, -0.2) is 21.4 Å². The molecule has 0 aliphatic carbocycles. The van der Waals surface area contributed by atoms with Crippen molar-refractivity contribution in [1.82, 2.24) is 9.78 Å². The first-order valence-electron chi connectivity index (χ1n) is 6.84. The Morgan fingerprint density at radius 1 is 1.46 bits per heavy atom. The van der Waals surface area contributed by atoms with Crippen molar-refractivity contribution in [2.75, 3.05) is 5.32 Å². The van der Waals surface area contributed by atoms with Gasteiger partial charge in [0.1, 0.15) is 4.83 Å². The lowest BCUT2D eigenvalue weighted by molar-refractivity contribution is 0.103.